The van der Waals surface area contributed by atoms with Gasteiger partial charge in [-0.25, -0.2) is 13.4 Å². The van der Waals surface area contributed by atoms with Gasteiger partial charge in [-0.3, -0.25) is 0 Å². The second-order valence-corrected chi connectivity index (χ2v) is 8.14. The molecule has 0 radical (unpaired) electrons. The smallest absolute Gasteiger partial charge is 0.169 e. The molecule has 2 N–H and O–H groups in total. The highest BCUT2D eigenvalue weighted by atomic mass is 32.2. The predicted octanol–water partition coefficient (Wildman–Crippen LogP) is 1.03. The van der Waals surface area contributed by atoms with Crippen molar-refractivity contribution in [3.63, 3.8) is 0 Å². The highest BCUT2D eigenvalue weighted by molar-refractivity contribution is 8.01. The van der Waals surface area contributed by atoms with Crippen molar-refractivity contribution in [1.29, 1.82) is 0 Å². The number of hydrogen-bond donors (Lipinski definition) is 1. The van der Waals surface area contributed by atoms with Gasteiger partial charge in [0.15, 0.2) is 9.84 Å². The van der Waals surface area contributed by atoms with Crippen LogP contribution in [0.5, 0.6) is 0 Å². The lowest BCUT2D eigenvalue weighted by atomic mass is 10.1. The van der Waals surface area contributed by atoms with Crippen molar-refractivity contribution in [2.45, 2.75) is 18.3 Å². The number of nitrogens with zero attached hydrogens (tertiary/aromatic N) is 2. The van der Waals surface area contributed by atoms with Gasteiger partial charge in [0.2, 0.25) is 0 Å². The van der Waals surface area contributed by atoms with Crippen LogP contribution in [0, 0.1) is 0 Å². The van der Waals surface area contributed by atoms with E-state index in [1.807, 2.05) is 24.0 Å². The van der Waals surface area contributed by atoms with Gasteiger partial charge in [-0.2, -0.15) is 11.8 Å². The number of sulfone groups is 1. The molecule has 0 bridgehead atoms. The Hall–Kier alpha value is -0.790. The third-order valence-corrected chi connectivity index (χ3v) is 5.81. The number of hydrogen-bond acceptors (Lipinski definition) is 6. The third-order valence-electron chi connectivity index (χ3n) is 3.17. The summed E-state index contributed by atoms with van der Waals surface area (Å²) in [5, 5.41) is -0.498. The van der Waals surface area contributed by atoms with Gasteiger partial charge in [-0.05, 0) is 24.6 Å². The molecule has 2 unspecified atom stereocenters. The van der Waals surface area contributed by atoms with Crippen molar-refractivity contribution in [3.05, 3.63) is 23.9 Å². The first-order valence-corrected chi connectivity index (χ1v) is 9.25. The molecule has 1 aromatic heterocycles. The first-order valence-electron chi connectivity index (χ1n) is 6.14. The average molecular weight is 301 g/mol. The molecule has 1 saturated heterocycles. The highest BCUT2D eigenvalue weighted by Crippen LogP contribution is 2.26. The lowest BCUT2D eigenvalue weighted by Gasteiger charge is -2.35. The Labute approximate surface area is 118 Å². The fraction of sp³-hybridized carbons (Fsp3) is 0.583. The SMILES string of the molecule is CC(N)c1ccnc(N2CCSCC2S(C)(=O)=O)c1. The summed E-state index contributed by atoms with van der Waals surface area (Å²) >= 11 is 1.67. The zero-order chi connectivity index (χ0) is 14.0. The zero-order valence-corrected chi connectivity index (χ0v) is 12.7. The minimum absolute atomic E-state index is 0.0856. The summed E-state index contributed by atoms with van der Waals surface area (Å²) in [5.74, 6) is 2.20. The van der Waals surface area contributed by atoms with E-state index < -0.39 is 15.2 Å². The van der Waals surface area contributed by atoms with Gasteiger partial charge in [0.1, 0.15) is 11.2 Å². The van der Waals surface area contributed by atoms with Crippen molar-refractivity contribution >= 4 is 27.4 Å². The van der Waals surface area contributed by atoms with Gasteiger partial charge >= 0.3 is 0 Å². The summed E-state index contributed by atoms with van der Waals surface area (Å²) in [7, 11) is -3.12. The second kappa shape index (κ2) is 5.68. The second-order valence-electron chi connectivity index (χ2n) is 4.79. The summed E-state index contributed by atoms with van der Waals surface area (Å²) in [6.45, 7) is 2.59. The predicted molar refractivity (Wildman–Crippen MR) is 80.1 cm³/mol. The van der Waals surface area contributed by atoms with Crippen molar-refractivity contribution in [2.24, 2.45) is 5.73 Å². The number of anilines is 1. The molecular formula is C12H19N3O2S2. The number of nitrogens with two attached hydrogens (primary N) is 1. The lowest BCUT2D eigenvalue weighted by Crippen LogP contribution is -2.47. The number of aromatic nitrogens is 1. The van der Waals surface area contributed by atoms with E-state index in [-0.39, 0.29) is 6.04 Å². The largest absolute Gasteiger partial charge is 0.338 e. The topological polar surface area (TPSA) is 76.3 Å². The standard InChI is InChI=1S/C12H19N3O2S2/c1-9(13)10-3-4-14-11(7-10)15-5-6-18-8-12(15)19(2,16)17/h3-4,7,9,12H,5-6,8,13H2,1-2H3. The van der Waals surface area contributed by atoms with Crippen LogP contribution < -0.4 is 10.6 Å². The quantitative estimate of drug-likeness (QED) is 0.898. The Bertz CT molecular complexity index is 546. The van der Waals surface area contributed by atoms with Crippen LogP contribution in [0.25, 0.3) is 0 Å². The fourth-order valence-corrected chi connectivity index (χ4v) is 4.90. The Balaban J connectivity index is 2.35. The number of thioether (sulfide) groups is 1. The van der Waals surface area contributed by atoms with Crippen LogP contribution in [0.1, 0.15) is 18.5 Å². The molecule has 19 heavy (non-hydrogen) atoms. The van der Waals surface area contributed by atoms with Crippen molar-refractivity contribution in [1.82, 2.24) is 4.98 Å². The summed E-state index contributed by atoms with van der Waals surface area (Å²) in [6.07, 6.45) is 2.97. The molecule has 2 atom stereocenters. The number of pyridine rings is 1. The molecule has 0 aliphatic carbocycles. The molecule has 1 aliphatic heterocycles. The maximum absolute atomic E-state index is 11.9. The van der Waals surface area contributed by atoms with Gasteiger partial charge in [0.05, 0.1) is 0 Å². The van der Waals surface area contributed by atoms with Crippen LogP contribution in [-0.2, 0) is 9.84 Å². The van der Waals surface area contributed by atoms with Gasteiger partial charge in [-0.15, -0.1) is 0 Å². The van der Waals surface area contributed by atoms with E-state index in [1.165, 1.54) is 6.26 Å². The molecule has 2 rings (SSSR count). The molecule has 0 saturated carbocycles. The molecule has 106 valence electrons. The van der Waals surface area contributed by atoms with E-state index in [0.717, 1.165) is 11.3 Å². The molecule has 1 aromatic rings. The molecule has 0 spiro atoms. The van der Waals surface area contributed by atoms with Crippen LogP contribution >= 0.6 is 11.8 Å². The van der Waals surface area contributed by atoms with Gasteiger partial charge in [0.25, 0.3) is 0 Å². The first-order chi connectivity index (χ1) is 8.89. The molecule has 0 amide bonds. The molecule has 7 heteroatoms. The van der Waals surface area contributed by atoms with Crippen LogP contribution in [0.4, 0.5) is 5.82 Å². The summed E-state index contributed by atoms with van der Waals surface area (Å²) in [6, 6.07) is 3.67. The van der Waals surface area contributed by atoms with Crippen LogP contribution in [0.15, 0.2) is 18.3 Å². The van der Waals surface area contributed by atoms with Crippen molar-refractivity contribution in [2.75, 3.05) is 29.2 Å². The van der Waals surface area contributed by atoms with Crippen LogP contribution in [-0.4, -0.2) is 43.1 Å². The fourth-order valence-electron chi connectivity index (χ4n) is 2.07. The van der Waals surface area contributed by atoms with Crippen molar-refractivity contribution in [3.8, 4) is 0 Å². The van der Waals surface area contributed by atoms with Gasteiger partial charge in [-0.1, -0.05) is 0 Å². The minimum Gasteiger partial charge on any atom is -0.338 e. The molecular weight excluding hydrogens is 282 g/mol. The molecule has 1 aliphatic rings. The van der Waals surface area contributed by atoms with E-state index in [0.29, 0.717) is 18.1 Å². The summed E-state index contributed by atoms with van der Waals surface area (Å²) in [5.41, 5.74) is 6.83. The van der Waals surface area contributed by atoms with E-state index in [2.05, 4.69) is 4.98 Å². The first kappa shape index (κ1) is 14.6. The Morgan fingerprint density at radius 1 is 1.58 bits per heavy atom. The molecule has 5 nitrogen and oxygen atoms in total. The van der Waals surface area contributed by atoms with Crippen LogP contribution in [0.2, 0.25) is 0 Å². The van der Waals surface area contributed by atoms with Crippen LogP contribution in [0.3, 0.4) is 0 Å². The summed E-state index contributed by atoms with van der Waals surface area (Å²) in [4.78, 5) is 6.18. The maximum Gasteiger partial charge on any atom is 0.169 e. The van der Waals surface area contributed by atoms with Gasteiger partial charge in [0, 0.05) is 36.5 Å². The molecule has 2 heterocycles. The minimum atomic E-state index is -3.12. The van der Waals surface area contributed by atoms with E-state index >= 15 is 0 Å². The third kappa shape index (κ3) is 3.40. The Morgan fingerprint density at radius 3 is 2.95 bits per heavy atom. The molecule has 1 fully saturated rings. The van der Waals surface area contributed by atoms with E-state index in [9.17, 15) is 8.42 Å². The van der Waals surface area contributed by atoms with Gasteiger partial charge < -0.3 is 10.6 Å². The highest BCUT2D eigenvalue weighted by Gasteiger charge is 2.31. The lowest BCUT2D eigenvalue weighted by molar-refractivity contribution is 0.583. The maximum atomic E-state index is 11.9. The van der Waals surface area contributed by atoms with Crippen molar-refractivity contribution < 1.29 is 8.42 Å². The molecule has 0 aromatic carbocycles. The number of rotatable bonds is 3. The zero-order valence-electron chi connectivity index (χ0n) is 11.1. The Morgan fingerprint density at radius 2 is 2.32 bits per heavy atom. The summed E-state index contributed by atoms with van der Waals surface area (Å²) < 4.78 is 23.8. The average Bonchev–Trinajstić information content (AvgIpc) is 2.38. The van der Waals surface area contributed by atoms with E-state index in [1.54, 1.807) is 18.0 Å². The monoisotopic (exact) mass is 301 g/mol. The van der Waals surface area contributed by atoms with E-state index in [4.69, 9.17) is 5.73 Å². The normalized spacial score (nSPS) is 22.3. The Kier molecular flexibility index (Phi) is 4.37.